The lowest BCUT2D eigenvalue weighted by Crippen LogP contribution is -2.42. The largest absolute Gasteiger partial charge is 0.467 e. The highest BCUT2D eigenvalue weighted by Gasteiger charge is 2.42. The van der Waals surface area contributed by atoms with Gasteiger partial charge in [0.2, 0.25) is 5.91 Å². The van der Waals surface area contributed by atoms with Crippen LogP contribution in [-0.2, 0) is 14.3 Å². The molecule has 0 bridgehead atoms. The van der Waals surface area contributed by atoms with Crippen molar-refractivity contribution in [2.75, 3.05) is 37.0 Å². The SMILES string of the molecule is COCCNC(=O)CN1c2ccccc2NC2=C(C(=O)CC(C)(C)C2)[C@@H]1c1ccco1. The van der Waals surface area contributed by atoms with Crippen LogP contribution < -0.4 is 15.5 Å². The second kappa shape index (κ2) is 8.59. The van der Waals surface area contributed by atoms with Crippen LogP contribution in [0, 0.1) is 5.41 Å². The average molecular weight is 424 g/mol. The van der Waals surface area contributed by atoms with Crippen LogP contribution in [0.4, 0.5) is 11.4 Å². The molecular weight excluding hydrogens is 394 g/mol. The molecule has 0 saturated heterocycles. The van der Waals surface area contributed by atoms with E-state index in [0.29, 0.717) is 30.9 Å². The number of nitrogens with one attached hydrogen (secondary N) is 2. The maximum atomic E-state index is 13.4. The van der Waals surface area contributed by atoms with Crippen LogP contribution in [0.2, 0.25) is 0 Å². The number of fused-ring (bicyclic) bond motifs is 1. The van der Waals surface area contributed by atoms with E-state index in [4.69, 9.17) is 9.15 Å². The van der Waals surface area contributed by atoms with E-state index in [0.717, 1.165) is 23.5 Å². The number of furan rings is 1. The first kappa shape index (κ1) is 21.2. The zero-order chi connectivity index (χ0) is 22.0. The van der Waals surface area contributed by atoms with Crippen molar-refractivity contribution >= 4 is 23.1 Å². The molecule has 0 saturated carbocycles. The van der Waals surface area contributed by atoms with E-state index in [1.54, 1.807) is 13.4 Å². The molecule has 1 atom stereocenters. The first-order chi connectivity index (χ1) is 14.9. The third-order valence-corrected chi connectivity index (χ3v) is 5.76. The summed E-state index contributed by atoms with van der Waals surface area (Å²) in [5, 5.41) is 6.41. The molecule has 1 aromatic carbocycles. The first-order valence-corrected chi connectivity index (χ1v) is 10.6. The lowest BCUT2D eigenvalue weighted by atomic mass is 9.74. The van der Waals surface area contributed by atoms with Gasteiger partial charge < -0.3 is 24.7 Å². The van der Waals surface area contributed by atoms with Crippen molar-refractivity contribution in [2.24, 2.45) is 5.41 Å². The summed E-state index contributed by atoms with van der Waals surface area (Å²) < 4.78 is 10.8. The van der Waals surface area contributed by atoms with Gasteiger partial charge in [0.15, 0.2) is 5.78 Å². The summed E-state index contributed by atoms with van der Waals surface area (Å²) >= 11 is 0. The van der Waals surface area contributed by atoms with Gasteiger partial charge in [0.1, 0.15) is 11.8 Å². The zero-order valence-corrected chi connectivity index (χ0v) is 18.2. The van der Waals surface area contributed by atoms with E-state index >= 15 is 0 Å². The van der Waals surface area contributed by atoms with Gasteiger partial charge in [0, 0.05) is 31.3 Å². The number of para-hydroxylation sites is 2. The molecule has 2 heterocycles. The number of carbonyl (C=O) groups is 2. The second-order valence-electron chi connectivity index (χ2n) is 8.86. The normalized spacial score (nSPS) is 19.9. The fourth-order valence-electron chi connectivity index (χ4n) is 4.47. The molecule has 0 radical (unpaired) electrons. The minimum Gasteiger partial charge on any atom is -0.467 e. The minimum absolute atomic E-state index is 0.0812. The zero-order valence-electron chi connectivity index (χ0n) is 18.2. The number of hydrogen-bond acceptors (Lipinski definition) is 6. The molecule has 7 nitrogen and oxygen atoms in total. The number of methoxy groups -OCH3 is 1. The highest BCUT2D eigenvalue weighted by atomic mass is 16.5. The summed E-state index contributed by atoms with van der Waals surface area (Å²) in [6.45, 7) is 5.16. The number of rotatable bonds is 6. The van der Waals surface area contributed by atoms with Crippen LogP contribution in [0.3, 0.4) is 0 Å². The van der Waals surface area contributed by atoms with Gasteiger partial charge in [0.05, 0.1) is 30.8 Å². The number of ketones is 1. The van der Waals surface area contributed by atoms with Crippen LogP contribution in [0.5, 0.6) is 0 Å². The lowest BCUT2D eigenvalue weighted by Gasteiger charge is -2.36. The van der Waals surface area contributed by atoms with Crippen LogP contribution in [0.25, 0.3) is 0 Å². The molecule has 1 aromatic heterocycles. The molecule has 7 heteroatoms. The van der Waals surface area contributed by atoms with Gasteiger partial charge in [-0.2, -0.15) is 0 Å². The Hall–Kier alpha value is -3.06. The van der Waals surface area contributed by atoms with E-state index in [1.807, 2.05) is 41.3 Å². The minimum atomic E-state index is -0.488. The van der Waals surface area contributed by atoms with Crippen molar-refractivity contribution in [1.29, 1.82) is 0 Å². The molecule has 2 aromatic rings. The quantitative estimate of drug-likeness (QED) is 0.690. The Morgan fingerprint density at radius 1 is 1.26 bits per heavy atom. The van der Waals surface area contributed by atoms with Crippen molar-refractivity contribution in [3.8, 4) is 0 Å². The predicted molar refractivity (Wildman–Crippen MR) is 119 cm³/mol. The van der Waals surface area contributed by atoms with Crippen LogP contribution in [0.1, 0.15) is 38.5 Å². The molecule has 1 aliphatic carbocycles. The molecule has 1 aliphatic heterocycles. The number of ether oxygens (including phenoxy) is 1. The Kier molecular flexibility index (Phi) is 5.87. The average Bonchev–Trinajstić information content (AvgIpc) is 3.19. The van der Waals surface area contributed by atoms with Gasteiger partial charge in [-0.25, -0.2) is 0 Å². The molecule has 164 valence electrons. The van der Waals surface area contributed by atoms with Gasteiger partial charge in [0.25, 0.3) is 0 Å². The van der Waals surface area contributed by atoms with Gasteiger partial charge in [-0.05, 0) is 36.1 Å². The van der Waals surface area contributed by atoms with E-state index in [-0.39, 0.29) is 23.7 Å². The van der Waals surface area contributed by atoms with E-state index in [9.17, 15) is 9.59 Å². The summed E-state index contributed by atoms with van der Waals surface area (Å²) in [7, 11) is 1.60. The predicted octanol–water partition coefficient (Wildman–Crippen LogP) is 3.66. The van der Waals surface area contributed by atoms with Gasteiger partial charge in [-0.3, -0.25) is 9.59 Å². The summed E-state index contributed by atoms with van der Waals surface area (Å²) in [5.41, 5.74) is 3.16. The summed E-state index contributed by atoms with van der Waals surface area (Å²) in [6, 6.07) is 11.0. The summed E-state index contributed by atoms with van der Waals surface area (Å²) in [6.07, 6.45) is 2.80. The topological polar surface area (TPSA) is 83.8 Å². The smallest absolute Gasteiger partial charge is 0.239 e. The number of Topliss-reactive ketones (excluding diaryl/α,β-unsaturated/α-hetero) is 1. The number of amides is 1. The van der Waals surface area contributed by atoms with E-state index in [2.05, 4.69) is 24.5 Å². The highest BCUT2D eigenvalue weighted by Crippen LogP contribution is 2.48. The highest BCUT2D eigenvalue weighted by molar-refractivity contribution is 6.01. The number of carbonyl (C=O) groups excluding carboxylic acids is 2. The van der Waals surface area contributed by atoms with Crippen LogP contribution >= 0.6 is 0 Å². The van der Waals surface area contributed by atoms with Crippen LogP contribution in [-0.4, -0.2) is 38.5 Å². The Bertz CT molecular complexity index is 994. The number of allylic oxidation sites excluding steroid dienone is 1. The fraction of sp³-hybridized carbons (Fsp3) is 0.417. The first-order valence-electron chi connectivity index (χ1n) is 10.6. The summed E-state index contributed by atoms with van der Waals surface area (Å²) in [4.78, 5) is 28.2. The number of anilines is 2. The summed E-state index contributed by atoms with van der Waals surface area (Å²) in [5.74, 6) is 0.581. The molecule has 2 aliphatic rings. The maximum absolute atomic E-state index is 13.4. The van der Waals surface area contributed by atoms with Crippen molar-refractivity contribution in [3.63, 3.8) is 0 Å². The van der Waals surface area contributed by atoms with Crippen molar-refractivity contribution in [2.45, 2.75) is 32.7 Å². The van der Waals surface area contributed by atoms with E-state index < -0.39 is 6.04 Å². The molecule has 4 rings (SSSR count). The molecule has 1 amide bonds. The number of benzene rings is 1. The fourth-order valence-corrected chi connectivity index (χ4v) is 4.47. The van der Waals surface area contributed by atoms with E-state index in [1.165, 1.54) is 0 Å². The maximum Gasteiger partial charge on any atom is 0.239 e. The second-order valence-corrected chi connectivity index (χ2v) is 8.86. The molecule has 31 heavy (non-hydrogen) atoms. The lowest BCUT2D eigenvalue weighted by molar-refractivity contribution is -0.121. The standard InChI is InChI=1S/C24H29N3O4/c1-24(2)13-17-22(19(28)14-24)23(20-9-6-11-31-20)27(15-21(29)25-10-12-30-3)18-8-5-4-7-16(18)26-17/h4-9,11,23,26H,10,12-15H2,1-3H3,(H,25,29)/t23-/m0/s1. The molecular formula is C24H29N3O4. The van der Waals surface area contributed by atoms with Crippen molar-refractivity contribution in [3.05, 3.63) is 59.7 Å². The van der Waals surface area contributed by atoms with Crippen LogP contribution in [0.15, 0.2) is 58.3 Å². The van der Waals surface area contributed by atoms with Crippen molar-refractivity contribution in [1.82, 2.24) is 5.32 Å². The Labute approximate surface area is 182 Å². The van der Waals surface area contributed by atoms with Crippen molar-refractivity contribution < 1.29 is 18.7 Å². The molecule has 2 N–H and O–H groups in total. The Balaban J connectivity index is 1.82. The third-order valence-electron chi connectivity index (χ3n) is 5.76. The third kappa shape index (κ3) is 4.37. The Morgan fingerprint density at radius 3 is 2.81 bits per heavy atom. The molecule has 0 spiro atoms. The Morgan fingerprint density at radius 2 is 2.06 bits per heavy atom. The van der Waals surface area contributed by atoms with Gasteiger partial charge >= 0.3 is 0 Å². The molecule has 0 fully saturated rings. The molecule has 0 unspecified atom stereocenters. The van der Waals surface area contributed by atoms with Gasteiger partial charge in [-0.15, -0.1) is 0 Å². The van der Waals surface area contributed by atoms with Gasteiger partial charge in [-0.1, -0.05) is 26.0 Å². The number of hydrogen-bond donors (Lipinski definition) is 2. The monoisotopic (exact) mass is 423 g/mol. The number of nitrogens with zero attached hydrogens (tertiary/aromatic N) is 1.